The van der Waals surface area contributed by atoms with Crippen LogP contribution in [0.2, 0.25) is 5.02 Å². The molecular weight excluding hydrogens is 343 g/mol. The molecule has 0 aliphatic carbocycles. The minimum Gasteiger partial charge on any atom is -0.478 e. The van der Waals surface area contributed by atoms with Crippen LogP contribution in [0.5, 0.6) is 0 Å². The maximum absolute atomic E-state index is 12.8. The van der Waals surface area contributed by atoms with Crippen molar-refractivity contribution in [2.75, 3.05) is 5.32 Å². The van der Waals surface area contributed by atoms with Gasteiger partial charge in [-0.15, -0.1) is 0 Å². The zero-order valence-electron chi connectivity index (χ0n) is 11.5. The van der Waals surface area contributed by atoms with Crippen molar-refractivity contribution >= 4 is 46.5 Å². The summed E-state index contributed by atoms with van der Waals surface area (Å²) in [4.78, 5) is 22.9. The van der Waals surface area contributed by atoms with Gasteiger partial charge in [0.1, 0.15) is 5.82 Å². The summed E-state index contributed by atoms with van der Waals surface area (Å²) < 4.78 is 12.8. The molecule has 0 heterocycles. The lowest BCUT2D eigenvalue weighted by molar-refractivity contribution is 0.0697. The van der Waals surface area contributed by atoms with Gasteiger partial charge in [-0.2, -0.15) is 0 Å². The van der Waals surface area contributed by atoms with Gasteiger partial charge in [-0.25, -0.2) is 9.18 Å². The maximum atomic E-state index is 12.8. The van der Waals surface area contributed by atoms with Crippen molar-refractivity contribution in [1.29, 1.82) is 0 Å². The number of aromatic carboxylic acids is 1. The number of anilines is 1. The van der Waals surface area contributed by atoms with Gasteiger partial charge < -0.3 is 10.4 Å². The molecule has 2 aromatic rings. The summed E-state index contributed by atoms with van der Waals surface area (Å²) in [5.74, 6) is -2.15. The Balaban J connectivity index is 2.05. The quantitative estimate of drug-likeness (QED) is 0.739. The van der Waals surface area contributed by atoms with Gasteiger partial charge in [0.15, 0.2) is 5.11 Å². The summed E-state index contributed by atoms with van der Waals surface area (Å²) in [7, 11) is 0. The number of carbonyl (C=O) groups is 2. The van der Waals surface area contributed by atoms with Crippen molar-refractivity contribution in [1.82, 2.24) is 5.32 Å². The van der Waals surface area contributed by atoms with Crippen LogP contribution < -0.4 is 10.6 Å². The van der Waals surface area contributed by atoms with Crippen molar-refractivity contribution in [2.45, 2.75) is 0 Å². The molecule has 0 atom stereocenters. The Kier molecular flexibility index (Phi) is 5.25. The number of carboxylic acid groups (broad SMARTS) is 1. The third-order valence-corrected chi connectivity index (χ3v) is 3.32. The van der Waals surface area contributed by atoms with Gasteiger partial charge in [0.2, 0.25) is 0 Å². The van der Waals surface area contributed by atoms with E-state index in [4.69, 9.17) is 28.9 Å². The topological polar surface area (TPSA) is 78.4 Å². The normalized spacial score (nSPS) is 10.0. The first kappa shape index (κ1) is 16.9. The molecule has 0 radical (unpaired) electrons. The average Bonchev–Trinajstić information content (AvgIpc) is 2.49. The summed E-state index contributed by atoms with van der Waals surface area (Å²) in [6.45, 7) is 0. The Morgan fingerprint density at radius 3 is 2.39 bits per heavy atom. The number of carbonyl (C=O) groups excluding carboxylic acids is 1. The summed E-state index contributed by atoms with van der Waals surface area (Å²) in [5.41, 5.74) is 0.499. The van der Waals surface area contributed by atoms with Gasteiger partial charge in [0, 0.05) is 11.3 Å². The highest BCUT2D eigenvalue weighted by molar-refractivity contribution is 7.80. The van der Waals surface area contributed by atoms with Gasteiger partial charge in [-0.05, 0) is 54.7 Å². The molecular formula is C15H10ClFN2O3S. The number of hydrogen-bond acceptors (Lipinski definition) is 3. The standard InChI is InChI=1S/C15H10ClFN2O3S/c16-12-6-5-10(7-11(12)14(21)22)18-15(23)19-13(20)8-1-3-9(17)4-2-8/h1-7H,(H,21,22)(H2,18,19,20,23). The predicted octanol–water partition coefficient (Wildman–Crippen LogP) is 3.30. The molecule has 2 rings (SSSR count). The predicted molar refractivity (Wildman–Crippen MR) is 88.5 cm³/mol. The van der Waals surface area contributed by atoms with Crippen LogP contribution in [0.15, 0.2) is 42.5 Å². The Morgan fingerprint density at radius 2 is 1.78 bits per heavy atom. The number of carboxylic acids is 1. The molecule has 3 N–H and O–H groups in total. The largest absolute Gasteiger partial charge is 0.478 e. The molecule has 2 aromatic carbocycles. The van der Waals surface area contributed by atoms with Crippen LogP contribution in [0.4, 0.5) is 10.1 Å². The number of benzene rings is 2. The molecule has 0 aromatic heterocycles. The first-order chi connectivity index (χ1) is 10.9. The molecule has 23 heavy (non-hydrogen) atoms. The molecule has 5 nitrogen and oxygen atoms in total. The number of thiocarbonyl (C=S) groups is 1. The molecule has 0 aliphatic heterocycles. The average molecular weight is 353 g/mol. The van der Waals surface area contributed by atoms with E-state index in [-0.39, 0.29) is 21.3 Å². The van der Waals surface area contributed by atoms with Crippen LogP contribution in [-0.2, 0) is 0 Å². The third-order valence-electron chi connectivity index (χ3n) is 2.79. The Bertz CT molecular complexity index is 781. The van der Waals surface area contributed by atoms with E-state index in [9.17, 15) is 14.0 Å². The highest BCUT2D eigenvalue weighted by Crippen LogP contribution is 2.20. The van der Waals surface area contributed by atoms with Crippen molar-refractivity contribution in [3.8, 4) is 0 Å². The molecule has 0 spiro atoms. The van der Waals surface area contributed by atoms with E-state index in [1.54, 1.807) is 0 Å². The second kappa shape index (κ2) is 7.17. The smallest absolute Gasteiger partial charge is 0.337 e. The number of rotatable bonds is 3. The van der Waals surface area contributed by atoms with Crippen molar-refractivity contribution in [3.63, 3.8) is 0 Å². The van der Waals surface area contributed by atoms with E-state index in [2.05, 4.69) is 10.6 Å². The lowest BCUT2D eigenvalue weighted by Gasteiger charge is -2.10. The maximum Gasteiger partial charge on any atom is 0.337 e. The molecule has 0 aliphatic rings. The second-order valence-corrected chi connectivity index (χ2v) is 5.23. The fourth-order valence-corrected chi connectivity index (χ4v) is 2.11. The molecule has 0 bridgehead atoms. The number of nitrogens with one attached hydrogen (secondary N) is 2. The minimum absolute atomic E-state index is 0.0296. The van der Waals surface area contributed by atoms with E-state index >= 15 is 0 Å². The fraction of sp³-hybridized carbons (Fsp3) is 0. The zero-order chi connectivity index (χ0) is 17.0. The van der Waals surface area contributed by atoms with Crippen LogP contribution in [0.1, 0.15) is 20.7 Å². The molecule has 8 heteroatoms. The number of hydrogen-bond donors (Lipinski definition) is 3. The van der Waals surface area contributed by atoms with E-state index in [1.807, 2.05) is 0 Å². The number of halogens is 2. The highest BCUT2D eigenvalue weighted by Gasteiger charge is 2.11. The first-order valence-corrected chi connectivity index (χ1v) is 7.06. The SMILES string of the molecule is O=C(NC(=S)Nc1ccc(Cl)c(C(=O)O)c1)c1ccc(F)cc1. The molecule has 0 unspecified atom stereocenters. The monoisotopic (exact) mass is 352 g/mol. The van der Waals surface area contributed by atoms with Crippen LogP contribution in [-0.4, -0.2) is 22.1 Å². The fourth-order valence-electron chi connectivity index (χ4n) is 1.71. The van der Waals surface area contributed by atoms with Crippen LogP contribution in [0.3, 0.4) is 0 Å². The van der Waals surface area contributed by atoms with Gasteiger partial charge in [-0.1, -0.05) is 11.6 Å². The minimum atomic E-state index is -1.18. The van der Waals surface area contributed by atoms with E-state index in [0.717, 1.165) is 12.1 Å². The Labute approximate surface area is 141 Å². The van der Waals surface area contributed by atoms with Gasteiger partial charge in [-0.3, -0.25) is 10.1 Å². The van der Waals surface area contributed by atoms with Crippen LogP contribution >= 0.6 is 23.8 Å². The second-order valence-electron chi connectivity index (χ2n) is 4.41. The summed E-state index contributed by atoms with van der Waals surface area (Å²) in [6.07, 6.45) is 0. The van der Waals surface area contributed by atoms with Gasteiger partial charge in [0.25, 0.3) is 5.91 Å². The molecule has 0 saturated heterocycles. The van der Waals surface area contributed by atoms with E-state index < -0.39 is 17.7 Å². The van der Waals surface area contributed by atoms with Crippen molar-refractivity contribution < 1.29 is 19.1 Å². The van der Waals surface area contributed by atoms with Crippen molar-refractivity contribution in [2.24, 2.45) is 0 Å². The molecule has 0 saturated carbocycles. The van der Waals surface area contributed by atoms with E-state index in [1.165, 1.54) is 30.3 Å². The molecule has 1 amide bonds. The third kappa shape index (κ3) is 4.48. The first-order valence-electron chi connectivity index (χ1n) is 6.27. The van der Waals surface area contributed by atoms with E-state index in [0.29, 0.717) is 5.69 Å². The zero-order valence-corrected chi connectivity index (χ0v) is 13.0. The van der Waals surface area contributed by atoms with Gasteiger partial charge >= 0.3 is 5.97 Å². The van der Waals surface area contributed by atoms with Crippen LogP contribution in [0.25, 0.3) is 0 Å². The van der Waals surface area contributed by atoms with Gasteiger partial charge in [0.05, 0.1) is 10.6 Å². The lowest BCUT2D eigenvalue weighted by Crippen LogP contribution is -2.34. The Morgan fingerprint density at radius 1 is 1.13 bits per heavy atom. The Hall–Kier alpha value is -2.51. The summed E-state index contributed by atoms with van der Waals surface area (Å²) in [6, 6.07) is 9.16. The lowest BCUT2D eigenvalue weighted by atomic mass is 10.2. The molecule has 118 valence electrons. The summed E-state index contributed by atoms with van der Waals surface area (Å²) >= 11 is 10.7. The molecule has 0 fully saturated rings. The highest BCUT2D eigenvalue weighted by atomic mass is 35.5. The van der Waals surface area contributed by atoms with Crippen LogP contribution in [0, 0.1) is 5.82 Å². The van der Waals surface area contributed by atoms with Crippen molar-refractivity contribution in [3.05, 3.63) is 64.4 Å². The number of amides is 1. The summed E-state index contributed by atoms with van der Waals surface area (Å²) in [5, 5.41) is 14.1.